The standard InChI is InChI=1S/C19H27NO3/c21-16(18-7-12-4-13(8-18)6-14(5-12)9-18)20-10-15-2-1-3-19(15,11-20)17(22)23/h12-15H,1-11H2,(H,22,23)/t12?,13?,14?,15-,18?,19+/m0/s1. The predicted octanol–water partition coefficient (Wildman–Crippen LogP) is 2.92. The Morgan fingerprint density at radius 3 is 2.13 bits per heavy atom. The maximum atomic E-state index is 13.4. The molecule has 0 aromatic carbocycles. The van der Waals surface area contributed by atoms with Crippen LogP contribution in [0.5, 0.6) is 0 Å². The van der Waals surface area contributed by atoms with Crippen LogP contribution < -0.4 is 0 Å². The van der Waals surface area contributed by atoms with Crippen LogP contribution in [0.25, 0.3) is 0 Å². The summed E-state index contributed by atoms with van der Waals surface area (Å²) in [5.41, 5.74) is -0.745. The molecule has 5 saturated carbocycles. The Hall–Kier alpha value is -1.06. The molecular formula is C19H27NO3. The fraction of sp³-hybridized carbons (Fsp3) is 0.895. The zero-order chi connectivity index (χ0) is 15.8. The summed E-state index contributed by atoms with van der Waals surface area (Å²) in [7, 11) is 0. The molecule has 0 radical (unpaired) electrons. The number of hydrogen-bond donors (Lipinski definition) is 1. The van der Waals surface area contributed by atoms with Crippen molar-refractivity contribution < 1.29 is 14.7 Å². The summed E-state index contributed by atoms with van der Waals surface area (Å²) in [6, 6.07) is 0. The van der Waals surface area contributed by atoms with E-state index in [1.54, 1.807) is 0 Å². The lowest BCUT2D eigenvalue weighted by Gasteiger charge is -2.56. The minimum Gasteiger partial charge on any atom is -0.481 e. The van der Waals surface area contributed by atoms with E-state index in [2.05, 4.69) is 0 Å². The summed E-state index contributed by atoms with van der Waals surface area (Å²) in [4.78, 5) is 27.3. The molecule has 1 saturated heterocycles. The third kappa shape index (κ3) is 1.84. The average molecular weight is 317 g/mol. The molecule has 1 aliphatic heterocycles. The van der Waals surface area contributed by atoms with Crippen molar-refractivity contribution >= 4 is 11.9 Å². The Labute approximate surface area is 137 Å². The molecule has 4 nitrogen and oxygen atoms in total. The molecule has 23 heavy (non-hydrogen) atoms. The third-order valence-electron chi connectivity index (χ3n) is 8.08. The molecule has 4 bridgehead atoms. The summed E-state index contributed by atoms with van der Waals surface area (Å²) >= 11 is 0. The molecule has 6 rings (SSSR count). The van der Waals surface area contributed by atoms with Crippen molar-refractivity contribution in [3.8, 4) is 0 Å². The minimum absolute atomic E-state index is 0.118. The number of nitrogens with zero attached hydrogens (tertiary/aromatic N) is 1. The first kappa shape index (κ1) is 14.3. The highest BCUT2D eigenvalue weighted by Crippen LogP contribution is 2.61. The molecule has 0 unspecified atom stereocenters. The van der Waals surface area contributed by atoms with Crippen molar-refractivity contribution in [1.29, 1.82) is 0 Å². The lowest BCUT2D eigenvalue weighted by Crippen LogP contribution is -2.54. The van der Waals surface area contributed by atoms with Crippen LogP contribution >= 0.6 is 0 Å². The largest absolute Gasteiger partial charge is 0.481 e. The molecular weight excluding hydrogens is 290 g/mol. The van der Waals surface area contributed by atoms with Gasteiger partial charge in [-0.2, -0.15) is 0 Å². The van der Waals surface area contributed by atoms with Gasteiger partial charge in [-0.25, -0.2) is 0 Å². The maximum Gasteiger partial charge on any atom is 0.311 e. The van der Waals surface area contributed by atoms with Gasteiger partial charge in [0.05, 0.1) is 10.8 Å². The van der Waals surface area contributed by atoms with Crippen LogP contribution in [0.1, 0.15) is 57.8 Å². The van der Waals surface area contributed by atoms with Gasteiger partial charge in [0.1, 0.15) is 0 Å². The van der Waals surface area contributed by atoms with Gasteiger partial charge in [-0.15, -0.1) is 0 Å². The zero-order valence-corrected chi connectivity index (χ0v) is 13.8. The van der Waals surface area contributed by atoms with Crippen molar-refractivity contribution in [3.63, 3.8) is 0 Å². The Bertz CT molecular complexity index is 536. The number of likely N-dealkylation sites (tertiary alicyclic amines) is 1. The molecule has 1 N–H and O–H groups in total. The lowest BCUT2D eigenvalue weighted by molar-refractivity contribution is -0.158. The number of hydrogen-bond acceptors (Lipinski definition) is 2. The van der Waals surface area contributed by atoms with Crippen molar-refractivity contribution in [2.45, 2.75) is 57.8 Å². The predicted molar refractivity (Wildman–Crippen MR) is 84.6 cm³/mol. The second kappa shape index (κ2) is 4.52. The summed E-state index contributed by atoms with van der Waals surface area (Å²) in [6.07, 6.45) is 10.0. The summed E-state index contributed by atoms with van der Waals surface area (Å²) in [5, 5.41) is 9.77. The first-order chi connectivity index (χ1) is 11.0. The van der Waals surface area contributed by atoms with Crippen LogP contribution in [-0.2, 0) is 9.59 Å². The van der Waals surface area contributed by atoms with Gasteiger partial charge in [-0.3, -0.25) is 9.59 Å². The van der Waals surface area contributed by atoms with E-state index < -0.39 is 11.4 Å². The Balaban J connectivity index is 1.41. The SMILES string of the molecule is O=C(N1C[C@@H]2CCC[C@@]2(C(=O)O)C1)C12CC3CC(CC(C3)C1)C2. The zero-order valence-electron chi connectivity index (χ0n) is 13.8. The van der Waals surface area contributed by atoms with E-state index in [0.717, 1.165) is 56.3 Å². The second-order valence-corrected chi connectivity index (χ2v) is 9.43. The Kier molecular flexibility index (Phi) is 2.81. The molecule has 1 heterocycles. The van der Waals surface area contributed by atoms with Crippen LogP contribution in [0.4, 0.5) is 0 Å². The topological polar surface area (TPSA) is 57.6 Å². The second-order valence-electron chi connectivity index (χ2n) is 9.43. The molecule has 2 atom stereocenters. The number of fused-ring (bicyclic) bond motifs is 1. The van der Waals surface area contributed by atoms with Gasteiger partial charge < -0.3 is 10.0 Å². The van der Waals surface area contributed by atoms with Crippen molar-refractivity contribution in [2.24, 2.45) is 34.5 Å². The summed E-state index contributed by atoms with van der Waals surface area (Å²) in [5.74, 6) is 2.15. The highest BCUT2D eigenvalue weighted by molar-refractivity contribution is 5.86. The highest BCUT2D eigenvalue weighted by Gasteiger charge is 2.60. The van der Waals surface area contributed by atoms with Crippen LogP contribution in [0.15, 0.2) is 0 Å². The van der Waals surface area contributed by atoms with E-state index >= 15 is 0 Å². The number of amides is 1. The molecule has 0 aromatic heterocycles. The first-order valence-corrected chi connectivity index (χ1v) is 9.54. The number of carboxylic acid groups (broad SMARTS) is 1. The quantitative estimate of drug-likeness (QED) is 0.852. The van der Waals surface area contributed by atoms with E-state index in [1.165, 1.54) is 19.3 Å². The maximum absolute atomic E-state index is 13.4. The lowest BCUT2D eigenvalue weighted by atomic mass is 9.49. The molecule has 126 valence electrons. The highest BCUT2D eigenvalue weighted by atomic mass is 16.4. The molecule has 4 heteroatoms. The van der Waals surface area contributed by atoms with Gasteiger partial charge in [0.15, 0.2) is 0 Å². The van der Waals surface area contributed by atoms with Crippen LogP contribution in [0.2, 0.25) is 0 Å². The van der Waals surface area contributed by atoms with Crippen molar-refractivity contribution in [2.75, 3.05) is 13.1 Å². The van der Waals surface area contributed by atoms with Gasteiger partial charge in [0.25, 0.3) is 0 Å². The smallest absolute Gasteiger partial charge is 0.311 e. The fourth-order valence-corrected chi connectivity index (χ4v) is 7.50. The number of carbonyl (C=O) groups excluding carboxylic acids is 1. The summed E-state index contributed by atoms with van der Waals surface area (Å²) < 4.78 is 0. The van der Waals surface area contributed by atoms with E-state index in [1.807, 2.05) is 4.90 Å². The van der Waals surface area contributed by atoms with Crippen molar-refractivity contribution in [3.05, 3.63) is 0 Å². The molecule has 1 amide bonds. The van der Waals surface area contributed by atoms with E-state index in [9.17, 15) is 14.7 Å². The Morgan fingerprint density at radius 1 is 1.00 bits per heavy atom. The minimum atomic E-state index is -0.666. The molecule has 0 aromatic rings. The molecule has 5 aliphatic carbocycles. The van der Waals surface area contributed by atoms with Gasteiger partial charge in [0.2, 0.25) is 5.91 Å². The van der Waals surface area contributed by atoms with E-state index in [4.69, 9.17) is 0 Å². The number of carbonyl (C=O) groups is 2. The third-order valence-corrected chi connectivity index (χ3v) is 8.08. The molecule has 0 spiro atoms. The number of aliphatic carboxylic acids is 1. The number of rotatable bonds is 2. The summed E-state index contributed by atoms with van der Waals surface area (Å²) in [6.45, 7) is 1.18. The van der Waals surface area contributed by atoms with Crippen LogP contribution in [0, 0.1) is 34.5 Å². The van der Waals surface area contributed by atoms with Crippen LogP contribution in [0.3, 0.4) is 0 Å². The normalized spacial score (nSPS) is 50.3. The average Bonchev–Trinajstić information content (AvgIpc) is 3.02. The van der Waals surface area contributed by atoms with E-state index in [-0.39, 0.29) is 11.3 Å². The Morgan fingerprint density at radius 2 is 1.61 bits per heavy atom. The van der Waals surface area contributed by atoms with Crippen molar-refractivity contribution in [1.82, 2.24) is 4.90 Å². The van der Waals surface area contributed by atoms with Gasteiger partial charge in [-0.1, -0.05) is 6.42 Å². The van der Waals surface area contributed by atoms with Crippen LogP contribution in [-0.4, -0.2) is 35.0 Å². The first-order valence-electron chi connectivity index (χ1n) is 9.54. The van der Waals surface area contributed by atoms with Gasteiger partial charge >= 0.3 is 5.97 Å². The van der Waals surface area contributed by atoms with Gasteiger partial charge in [0, 0.05) is 13.1 Å². The fourth-order valence-electron chi connectivity index (χ4n) is 7.50. The van der Waals surface area contributed by atoms with E-state index in [0.29, 0.717) is 19.0 Å². The number of carboxylic acids is 1. The van der Waals surface area contributed by atoms with Gasteiger partial charge in [-0.05, 0) is 75.0 Å². The molecule has 6 fully saturated rings. The molecule has 6 aliphatic rings. The monoisotopic (exact) mass is 317 g/mol.